The molecule has 0 saturated carbocycles. The summed E-state index contributed by atoms with van der Waals surface area (Å²) in [5.74, 6) is 1.36. The maximum absolute atomic E-state index is 12.5. The van der Waals surface area contributed by atoms with Crippen LogP contribution in [0, 0.1) is 0 Å². The average Bonchev–Trinajstić information content (AvgIpc) is 2.87. The molecule has 1 heterocycles. The van der Waals surface area contributed by atoms with E-state index in [0.29, 0.717) is 69.7 Å². The fourth-order valence-corrected chi connectivity index (χ4v) is 3.16. The molecule has 0 amide bonds. The van der Waals surface area contributed by atoms with Gasteiger partial charge in [-0.2, -0.15) is 0 Å². The molecule has 3 rings (SSSR count). The molecule has 0 bridgehead atoms. The van der Waals surface area contributed by atoms with Gasteiger partial charge in [0.25, 0.3) is 5.56 Å². The number of aromatic amines is 1. The Kier molecular flexibility index (Phi) is 10.2. The van der Waals surface area contributed by atoms with E-state index in [2.05, 4.69) is 15.0 Å². The van der Waals surface area contributed by atoms with E-state index in [-0.39, 0.29) is 5.56 Å². The van der Waals surface area contributed by atoms with E-state index in [0.717, 1.165) is 16.6 Å². The molecule has 0 unspecified atom stereocenters. The Morgan fingerprint density at radius 1 is 0.853 bits per heavy atom. The molecular weight excluding hydrogens is 440 g/mol. The summed E-state index contributed by atoms with van der Waals surface area (Å²) < 4.78 is 27.0. The zero-order valence-corrected chi connectivity index (χ0v) is 19.1. The van der Waals surface area contributed by atoms with Crippen molar-refractivity contribution in [2.75, 3.05) is 59.9 Å². The molecule has 34 heavy (non-hydrogen) atoms. The number of fused-ring (bicyclic) bond motifs is 1. The van der Waals surface area contributed by atoms with Crippen LogP contribution in [0.2, 0.25) is 0 Å². The molecule has 1 N–H and O–H groups in total. The molecule has 180 valence electrons. The van der Waals surface area contributed by atoms with E-state index < -0.39 is 0 Å². The van der Waals surface area contributed by atoms with Crippen molar-refractivity contribution in [1.29, 1.82) is 0 Å². The van der Waals surface area contributed by atoms with Crippen LogP contribution in [0.1, 0.15) is 0 Å². The minimum atomic E-state index is -0.161. The minimum absolute atomic E-state index is 0.161. The third-order valence-corrected chi connectivity index (χ3v) is 4.86. The summed E-state index contributed by atoms with van der Waals surface area (Å²) in [5, 5.41) is 4.81. The first kappa shape index (κ1) is 25.1. The predicted molar refractivity (Wildman–Crippen MR) is 129 cm³/mol. The van der Waals surface area contributed by atoms with E-state index in [4.69, 9.17) is 29.2 Å². The zero-order valence-electron chi connectivity index (χ0n) is 19.1. The van der Waals surface area contributed by atoms with Crippen molar-refractivity contribution in [3.05, 3.63) is 69.3 Å². The number of hydrogen-bond donors (Lipinski definition) is 1. The van der Waals surface area contributed by atoms with Gasteiger partial charge in [-0.1, -0.05) is 11.2 Å². The smallest absolute Gasteiger partial charge is 0.256 e. The normalized spacial score (nSPS) is 10.7. The van der Waals surface area contributed by atoms with Gasteiger partial charge in [-0.15, -0.1) is 0 Å². The van der Waals surface area contributed by atoms with Gasteiger partial charge in [0.2, 0.25) is 0 Å². The number of ether oxygens (including phenoxy) is 5. The Morgan fingerprint density at radius 2 is 1.50 bits per heavy atom. The first-order chi connectivity index (χ1) is 16.7. The molecule has 0 fully saturated rings. The van der Waals surface area contributed by atoms with E-state index in [1.807, 2.05) is 42.5 Å². The van der Waals surface area contributed by atoms with Crippen LogP contribution in [0.5, 0.6) is 11.5 Å². The average molecular weight is 469 g/mol. The first-order valence-electron chi connectivity index (χ1n) is 10.9. The molecule has 10 heteroatoms. The van der Waals surface area contributed by atoms with E-state index in [1.54, 1.807) is 13.2 Å². The maximum Gasteiger partial charge on any atom is 0.256 e. The van der Waals surface area contributed by atoms with E-state index >= 15 is 0 Å². The standard InChI is InChI=1S/C24H28N4O6/c1-30-21-7-4-19-16-23(27-24(29)22(19)17-21)18-2-5-20(6-3-18)34-15-14-33-13-12-32-11-10-31-9-8-26-28-25/h2-7,16-17H,8-15H2,1H3,(H,27,29). The largest absolute Gasteiger partial charge is 0.497 e. The van der Waals surface area contributed by atoms with Crippen LogP contribution in [0.3, 0.4) is 0 Å². The second-order valence-electron chi connectivity index (χ2n) is 7.13. The molecule has 1 aromatic heterocycles. The second kappa shape index (κ2) is 13.9. The van der Waals surface area contributed by atoms with Crippen LogP contribution in [0.15, 0.2) is 58.4 Å². The topological polar surface area (TPSA) is 128 Å². The lowest BCUT2D eigenvalue weighted by Crippen LogP contribution is -2.13. The minimum Gasteiger partial charge on any atom is -0.497 e. The third kappa shape index (κ3) is 7.79. The number of aromatic nitrogens is 1. The van der Waals surface area contributed by atoms with Gasteiger partial charge in [0.05, 0.1) is 52.1 Å². The highest BCUT2D eigenvalue weighted by atomic mass is 16.6. The molecule has 10 nitrogen and oxygen atoms in total. The highest BCUT2D eigenvalue weighted by Crippen LogP contribution is 2.24. The Hall–Kier alpha value is -3.56. The van der Waals surface area contributed by atoms with Crippen molar-refractivity contribution in [1.82, 2.24) is 4.98 Å². The van der Waals surface area contributed by atoms with E-state index in [1.165, 1.54) is 0 Å². The van der Waals surface area contributed by atoms with Crippen molar-refractivity contribution in [3.63, 3.8) is 0 Å². The maximum atomic E-state index is 12.5. The number of nitrogens with zero attached hydrogens (tertiary/aromatic N) is 3. The van der Waals surface area contributed by atoms with Gasteiger partial charge in [-0.05, 0) is 58.9 Å². The van der Waals surface area contributed by atoms with Crippen LogP contribution in [-0.4, -0.2) is 64.9 Å². The van der Waals surface area contributed by atoms with E-state index in [9.17, 15) is 4.79 Å². The quantitative estimate of drug-likeness (QED) is 0.156. The SMILES string of the molecule is COc1ccc2cc(-c3ccc(OCCOCCOCCOCCN=[N+]=[N-])cc3)[nH]c(=O)c2c1. The van der Waals surface area contributed by atoms with Crippen molar-refractivity contribution in [2.45, 2.75) is 0 Å². The summed E-state index contributed by atoms with van der Waals surface area (Å²) in [6.07, 6.45) is 0. The Morgan fingerprint density at radius 3 is 2.18 bits per heavy atom. The molecule has 2 aromatic carbocycles. The lowest BCUT2D eigenvalue weighted by molar-refractivity contribution is 0.0106. The number of hydrogen-bond acceptors (Lipinski definition) is 7. The summed E-state index contributed by atoms with van der Waals surface area (Å²) in [5.41, 5.74) is 9.60. The lowest BCUT2D eigenvalue weighted by Gasteiger charge is -2.09. The van der Waals surface area contributed by atoms with Crippen LogP contribution >= 0.6 is 0 Å². The summed E-state index contributed by atoms with van der Waals surface area (Å²) in [6, 6.07) is 14.9. The highest BCUT2D eigenvalue weighted by molar-refractivity contribution is 5.86. The van der Waals surface area contributed by atoms with Gasteiger partial charge in [0, 0.05) is 17.2 Å². The van der Waals surface area contributed by atoms with Gasteiger partial charge >= 0.3 is 0 Å². The third-order valence-electron chi connectivity index (χ3n) is 4.86. The van der Waals surface area contributed by atoms with Crippen LogP contribution in [-0.2, 0) is 14.2 Å². The number of azide groups is 1. The molecule has 0 saturated heterocycles. The number of nitrogens with one attached hydrogen (secondary N) is 1. The molecule has 0 aliphatic heterocycles. The van der Waals surface area contributed by atoms with Gasteiger partial charge in [-0.3, -0.25) is 4.79 Å². The number of benzene rings is 2. The molecule has 0 aliphatic rings. The van der Waals surface area contributed by atoms with Gasteiger partial charge in [0.15, 0.2) is 0 Å². The molecule has 0 radical (unpaired) electrons. The monoisotopic (exact) mass is 468 g/mol. The second-order valence-corrected chi connectivity index (χ2v) is 7.13. The Labute approximate surface area is 197 Å². The van der Waals surface area contributed by atoms with Crippen LogP contribution < -0.4 is 15.0 Å². The van der Waals surface area contributed by atoms with Gasteiger partial charge in [0.1, 0.15) is 18.1 Å². The number of H-pyrrole nitrogens is 1. The summed E-state index contributed by atoms with van der Waals surface area (Å²) >= 11 is 0. The van der Waals surface area contributed by atoms with Gasteiger partial charge in [-0.25, -0.2) is 0 Å². The fourth-order valence-electron chi connectivity index (χ4n) is 3.16. The number of pyridine rings is 1. The fraction of sp³-hybridized carbons (Fsp3) is 0.375. The van der Waals surface area contributed by atoms with Crippen LogP contribution in [0.4, 0.5) is 0 Å². The van der Waals surface area contributed by atoms with Crippen LogP contribution in [0.25, 0.3) is 32.5 Å². The number of rotatable bonds is 15. The summed E-state index contributed by atoms with van der Waals surface area (Å²) in [6.45, 7) is 3.39. The Balaban J connectivity index is 1.35. The van der Waals surface area contributed by atoms with Crippen molar-refractivity contribution in [2.24, 2.45) is 5.11 Å². The molecule has 0 aliphatic carbocycles. The zero-order chi connectivity index (χ0) is 24.0. The van der Waals surface area contributed by atoms with Crippen molar-refractivity contribution >= 4 is 10.8 Å². The number of methoxy groups -OCH3 is 1. The summed E-state index contributed by atoms with van der Waals surface area (Å²) in [7, 11) is 1.57. The highest BCUT2D eigenvalue weighted by Gasteiger charge is 2.06. The van der Waals surface area contributed by atoms with Crippen molar-refractivity contribution in [3.8, 4) is 22.8 Å². The molecule has 3 aromatic rings. The Bertz CT molecular complexity index is 1140. The lowest BCUT2D eigenvalue weighted by atomic mass is 10.1. The molecule has 0 spiro atoms. The molecular formula is C24H28N4O6. The predicted octanol–water partition coefficient (Wildman–Crippen LogP) is 3.94. The molecule has 0 atom stereocenters. The van der Waals surface area contributed by atoms with Crippen molar-refractivity contribution < 1.29 is 23.7 Å². The van der Waals surface area contributed by atoms with Gasteiger partial charge < -0.3 is 28.7 Å². The summed E-state index contributed by atoms with van der Waals surface area (Å²) in [4.78, 5) is 18.0. The first-order valence-corrected chi connectivity index (χ1v) is 10.9.